The van der Waals surface area contributed by atoms with Crippen LogP contribution < -0.4 is 0 Å². The van der Waals surface area contributed by atoms with Gasteiger partial charge in [0.05, 0.1) is 33.1 Å². The fraction of sp³-hybridized carbons (Fsp3) is 0.0256. The quantitative estimate of drug-likeness (QED) is 0.144. The summed E-state index contributed by atoms with van der Waals surface area (Å²) in [4.78, 5) is 30.7. The molecule has 1 aliphatic carbocycles. The smallest absolute Gasteiger partial charge is 0.236 e. The van der Waals surface area contributed by atoms with Crippen molar-refractivity contribution >= 4 is 185 Å². The summed E-state index contributed by atoms with van der Waals surface area (Å²) in [7, 11) is 0. The van der Waals surface area contributed by atoms with Crippen molar-refractivity contribution in [2.45, 2.75) is 19.3 Å². The Morgan fingerprint density at radius 3 is 1.15 bits per heavy atom. The molecule has 0 bridgehead atoms. The lowest BCUT2D eigenvalue weighted by Crippen LogP contribution is -2.14. The third kappa shape index (κ3) is 11.4. The third-order valence-corrected chi connectivity index (χ3v) is 27.6. The molecular weight excluding hydrogens is 1630 g/mol. The monoisotopic (exact) mass is 1700 g/mol. The van der Waals surface area contributed by atoms with E-state index in [2.05, 4.69) is 301 Å². The molecule has 0 radical (unpaired) electrons. The van der Waals surface area contributed by atoms with Crippen molar-refractivity contribution in [2.75, 3.05) is 0 Å². The van der Waals surface area contributed by atoms with Crippen molar-refractivity contribution in [3.8, 4) is 85.0 Å². The van der Waals surface area contributed by atoms with Crippen LogP contribution in [0, 0.1) is 0 Å². The van der Waals surface area contributed by atoms with E-state index in [-0.39, 0.29) is 5.41 Å². The molecular formula is C117H71N9O4S. The van der Waals surface area contributed by atoms with Gasteiger partial charge in [0, 0.05) is 124 Å². The van der Waals surface area contributed by atoms with Crippen molar-refractivity contribution in [3.63, 3.8) is 0 Å². The van der Waals surface area contributed by atoms with E-state index in [0.29, 0.717) is 34.3 Å². The van der Waals surface area contributed by atoms with Gasteiger partial charge < -0.3 is 26.8 Å². The summed E-state index contributed by atoms with van der Waals surface area (Å²) in [5.41, 5.74) is 30.4. The molecule has 17 aromatic carbocycles. The van der Waals surface area contributed by atoms with Gasteiger partial charge in [-0.05, 0) is 168 Å². The Hall–Kier alpha value is -17.2. The van der Waals surface area contributed by atoms with Crippen LogP contribution in [0.4, 0.5) is 0 Å². The Labute approximate surface area is 750 Å². The van der Waals surface area contributed by atoms with Crippen molar-refractivity contribution in [2.24, 2.45) is 0 Å². The van der Waals surface area contributed by atoms with E-state index in [1.54, 1.807) is 0 Å². The molecule has 614 valence electrons. The van der Waals surface area contributed by atoms with E-state index in [1.807, 2.05) is 133 Å². The summed E-state index contributed by atoms with van der Waals surface area (Å²) in [6, 6.07) is 137. The van der Waals surface area contributed by atoms with Gasteiger partial charge in [-0.15, -0.1) is 11.3 Å². The van der Waals surface area contributed by atoms with Gasteiger partial charge in [-0.2, -0.15) is 0 Å². The topological polar surface area (TPSA) is 145 Å². The van der Waals surface area contributed by atoms with E-state index in [0.717, 1.165) is 150 Å². The largest absolute Gasteiger partial charge is 0.456 e. The van der Waals surface area contributed by atoms with E-state index in [9.17, 15) is 0 Å². The molecule has 11 heterocycles. The molecule has 14 heteroatoms. The molecule has 1 aliphatic rings. The van der Waals surface area contributed by atoms with Gasteiger partial charge >= 0.3 is 0 Å². The molecule has 0 aliphatic heterocycles. The summed E-state index contributed by atoms with van der Waals surface area (Å²) >= 11 is 1.86. The Bertz CT molecular complexity index is 9210. The molecule has 0 fully saturated rings. The zero-order valence-electron chi connectivity index (χ0n) is 70.6. The van der Waals surface area contributed by atoms with Gasteiger partial charge in [-0.1, -0.05) is 263 Å². The Balaban J connectivity index is 0.000000101. The van der Waals surface area contributed by atoms with Gasteiger partial charge in [0.1, 0.15) is 61.5 Å². The third-order valence-electron chi connectivity index (χ3n) is 26.5. The highest BCUT2D eigenvalue weighted by molar-refractivity contribution is 7.26. The summed E-state index contributed by atoms with van der Waals surface area (Å²) in [5, 5.41) is 15.3. The Morgan fingerprint density at radius 2 is 0.626 bits per heavy atom. The van der Waals surface area contributed by atoms with Crippen LogP contribution >= 0.6 is 11.3 Å². The minimum atomic E-state index is -0.0745. The van der Waals surface area contributed by atoms with Crippen LogP contribution in [0.15, 0.2) is 412 Å². The van der Waals surface area contributed by atoms with Crippen LogP contribution in [0.5, 0.6) is 0 Å². The van der Waals surface area contributed by atoms with Crippen LogP contribution in [-0.4, -0.2) is 43.6 Å². The van der Waals surface area contributed by atoms with Crippen LogP contribution in [0.1, 0.15) is 25.0 Å². The number of hydrogen-bond acceptors (Lipinski definition) is 11. The molecule has 11 aromatic heterocycles. The molecule has 0 spiro atoms. The van der Waals surface area contributed by atoms with Gasteiger partial charge in [-0.3, -0.25) is 4.57 Å². The lowest BCUT2D eigenvalue weighted by atomic mass is 9.82. The maximum atomic E-state index is 6.37. The average Bonchev–Trinajstić information content (AvgIpc) is 1.54. The first-order chi connectivity index (χ1) is 64.7. The second kappa shape index (κ2) is 28.9. The molecule has 0 amide bonds. The Morgan fingerprint density at radius 1 is 0.237 bits per heavy atom. The normalized spacial score (nSPS) is 12.6. The van der Waals surface area contributed by atoms with Gasteiger partial charge in [-0.25, -0.2) is 29.9 Å². The summed E-state index contributed by atoms with van der Waals surface area (Å²) < 4.78 is 34.8. The average molecular weight is 1700 g/mol. The number of para-hydroxylation sites is 7. The maximum Gasteiger partial charge on any atom is 0.236 e. The van der Waals surface area contributed by atoms with E-state index in [4.69, 9.17) is 47.6 Å². The van der Waals surface area contributed by atoms with Crippen molar-refractivity contribution in [1.29, 1.82) is 0 Å². The second-order valence-electron chi connectivity index (χ2n) is 34.2. The predicted molar refractivity (Wildman–Crippen MR) is 536 cm³/mol. The number of hydrogen-bond donors (Lipinski definition) is 0. The van der Waals surface area contributed by atoms with Crippen molar-refractivity contribution in [1.82, 2.24) is 43.6 Å². The molecule has 0 saturated heterocycles. The molecule has 0 N–H and O–H groups in total. The first-order valence-corrected chi connectivity index (χ1v) is 44.9. The van der Waals surface area contributed by atoms with Crippen LogP contribution in [-0.2, 0) is 5.41 Å². The second-order valence-corrected chi connectivity index (χ2v) is 35.2. The van der Waals surface area contributed by atoms with Crippen molar-refractivity contribution in [3.05, 3.63) is 405 Å². The fourth-order valence-electron chi connectivity index (χ4n) is 20.6. The summed E-state index contributed by atoms with van der Waals surface area (Å²) in [5.74, 6) is 1.97. The lowest BCUT2D eigenvalue weighted by Gasteiger charge is -2.21. The first kappa shape index (κ1) is 74.1. The molecule has 0 saturated carbocycles. The van der Waals surface area contributed by atoms with E-state index in [1.165, 1.54) is 85.8 Å². The standard InChI is InChI=1S/C40H23N3O2.C40H23N3OS.C37H25N3O/c1-2-10-24(11-3-1)37-39-38(29-14-6-9-17-33(29)45-39)42-40(41-37)25-18-20-26(21-19-25)43-30-15-7-4-12-27(30)35-31(43)22-23-34-36(35)28-13-5-8-16-32(28)44-34;1-2-10-24(11-3-1)37-39-38(28-13-5-8-16-32(28)44-39)42-40(41-37)25-18-20-26(21-19-25)43-30-15-7-4-12-27(30)35-31(43)22-23-34-36(35)29-14-6-9-17-33(29)45-34;1-37(2)26-17-9-6-14-23(26)31-27(37)20-21-29-32(31)24-15-7-10-18-28(24)40(29)36-38-33(22-12-4-3-5-13-22)35-34(39-36)25-16-8-11-19-30(25)41-35/h2*1-23H;3-21H,1-2H3. The molecule has 131 heavy (non-hydrogen) atoms. The first-order valence-electron chi connectivity index (χ1n) is 44.0. The fourth-order valence-corrected chi connectivity index (χ4v) is 21.7. The lowest BCUT2D eigenvalue weighted by molar-refractivity contribution is 0.661. The minimum absolute atomic E-state index is 0.0745. The van der Waals surface area contributed by atoms with E-state index >= 15 is 0 Å². The van der Waals surface area contributed by atoms with Crippen LogP contribution in [0.2, 0.25) is 0 Å². The molecule has 29 rings (SSSR count). The molecule has 13 nitrogen and oxygen atoms in total. The Kier molecular flexibility index (Phi) is 16.4. The number of thiophene rings is 1. The predicted octanol–water partition coefficient (Wildman–Crippen LogP) is 31.3. The number of furan rings is 4. The highest BCUT2D eigenvalue weighted by atomic mass is 32.1. The number of benzene rings is 17. The number of rotatable bonds is 8. The number of fused-ring (bicyclic) bond motifs is 30. The van der Waals surface area contributed by atoms with E-state index < -0.39 is 0 Å². The number of aromatic nitrogens is 9. The van der Waals surface area contributed by atoms with Crippen LogP contribution in [0.3, 0.4) is 0 Å². The molecule has 0 atom stereocenters. The maximum absolute atomic E-state index is 6.37. The van der Waals surface area contributed by atoms with Crippen molar-refractivity contribution < 1.29 is 17.7 Å². The number of nitrogens with zero attached hydrogens (tertiary/aromatic N) is 9. The molecule has 28 aromatic rings. The highest BCUT2D eigenvalue weighted by Crippen LogP contribution is 2.54. The molecule has 0 unspecified atom stereocenters. The van der Waals surface area contributed by atoms with Crippen LogP contribution in [0.25, 0.3) is 259 Å². The minimum Gasteiger partial charge on any atom is -0.456 e. The van der Waals surface area contributed by atoms with Gasteiger partial charge in [0.25, 0.3) is 0 Å². The zero-order chi connectivity index (χ0) is 86.3. The zero-order valence-corrected chi connectivity index (χ0v) is 71.4. The SMILES string of the molecule is CC1(C)c2ccccc2-c2c1ccc1c2c2ccccc2n1-c1nc(-c2ccccc2)c2oc3ccccc3c2n1.c1ccc(-c2nc(-c3ccc(-n4c5ccccc5c5c6c(ccc54)oc4ccccc46)cc3)nc3c2oc2ccccc23)cc1.c1ccc(-c2nc(-c3ccc(-n4c5ccccc5c5c6c(ccc54)sc4ccccc46)cc3)nc3c2oc2ccccc23)cc1. The highest BCUT2D eigenvalue weighted by Gasteiger charge is 2.38. The summed E-state index contributed by atoms with van der Waals surface area (Å²) in [6.45, 7) is 4.66. The summed E-state index contributed by atoms with van der Waals surface area (Å²) in [6.07, 6.45) is 0. The van der Waals surface area contributed by atoms with Gasteiger partial charge in [0.15, 0.2) is 28.4 Å². The van der Waals surface area contributed by atoms with Gasteiger partial charge in [0.2, 0.25) is 5.95 Å².